The van der Waals surface area contributed by atoms with E-state index in [-0.39, 0.29) is 0 Å². The quantitative estimate of drug-likeness (QED) is 0.825. The Morgan fingerprint density at radius 2 is 2.00 bits per heavy atom. The Labute approximate surface area is 97.2 Å². The Morgan fingerprint density at radius 3 is 2.33 bits per heavy atom. The molecule has 100 valence electrons. The Bertz CT molecular complexity index is 473. The Hall–Kier alpha value is -1.77. The number of hydrogen-bond donors (Lipinski definition) is 2. The number of nitrogens with zero attached hydrogens (tertiary/aromatic N) is 1. The summed E-state index contributed by atoms with van der Waals surface area (Å²) in [6.07, 6.45) is -8.25. The van der Waals surface area contributed by atoms with Crippen molar-refractivity contribution in [2.24, 2.45) is 5.73 Å². The largest absolute Gasteiger partial charge is 0.478 e. The fourth-order valence-corrected chi connectivity index (χ4v) is 1.43. The third-order valence-electron chi connectivity index (χ3n) is 2.15. The Morgan fingerprint density at radius 1 is 1.44 bits per heavy atom. The first-order chi connectivity index (χ1) is 8.20. The van der Waals surface area contributed by atoms with E-state index in [1.165, 1.54) is 0 Å². The van der Waals surface area contributed by atoms with Gasteiger partial charge in [0.15, 0.2) is 5.69 Å². The van der Waals surface area contributed by atoms with Crippen molar-refractivity contribution in [1.29, 1.82) is 0 Å². The van der Waals surface area contributed by atoms with Gasteiger partial charge in [-0.25, -0.2) is 13.6 Å². The third kappa shape index (κ3) is 2.55. The van der Waals surface area contributed by atoms with Crippen LogP contribution in [0.3, 0.4) is 0 Å². The molecule has 0 fully saturated rings. The lowest BCUT2D eigenvalue weighted by Gasteiger charge is -2.16. The van der Waals surface area contributed by atoms with E-state index in [0.717, 1.165) is 0 Å². The number of pyridine rings is 1. The number of carbonyl (C=O) groups is 1. The van der Waals surface area contributed by atoms with Crippen molar-refractivity contribution in [3.63, 3.8) is 0 Å². The van der Waals surface area contributed by atoms with Crippen LogP contribution < -0.4 is 5.73 Å². The van der Waals surface area contributed by atoms with Gasteiger partial charge in [-0.05, 0) is 5.56 Å². The zero-order chi connectivity index (χ0) is 14.1. The smallest absolute Gasteiger partial charge is 0.433 e. The zero-order valence-electron chi connectivity index (χ0n) is 8.63. The molecule has 0 aliphatic carbocycles. The molecule has 4 nitrogen and oxygen atoms in total. The molecule has 0 bridgehead atoms. The van der Waals surface area contributed by atoms with E-state index < -0.39 is 47.5 Å². The number of halogens is 5. The summed E-state index contributed by atoms with van der Waals surface area (Å²) in [7, 11) is 0. The first-order valence-corrected chi connectivity index (χ1v) is 4.50. The first-order valence-electron chi connectivity index (χ1n) is 4.50. The predicted molar refractivity (Wildman–Crippen MR) is 49.0 cm³/mol. The van der Waals surface area contributed by atoms with E-state index in [0.29, 0.717) is 6.20 Å². The fraction of sp³-hybridized carbons (Fsp3) is 0.333. The van der Waals surface area contributed by atoms with Crippen LogP contribution >= 0.6 is 0 Å². The lowest BCUT2D eigenvalue weighted by Crippen LogP contribution is -2.19. The van der Waals surface area contributed by atoms with Crippen LogP contribution in [0.15, 0.2) is 6.20 Å². The minimum absolute atomic E-state index is 0.374. The summed E-state index contributed by atoms with van der Waals surface area (Å²) < 4.78 is 62.7. The average Bonchev–Trinajstić information content (AvgIpc) is 2.25. The summed E-state index contributed by atoms with van der Waals surface area (Å²) >= 11 is 0. The van der Waals surface area contributed by atoms with Gasteiger partial charge in [0.05, 0.1) is 11.1 Å². The molecule has 0 spiro atoms. The average molecular weight is 270 g/mol. The minimum atomic E-state index is -5.10. The third-order valence-corrected chi connectivity index (χ3v) is 2.15. The number of aromatic nitrogens is 1. The van der Waals surface area contributed by atoms with Crippen LogP contribution in [0.25, 0.3) is 0 Å². The van der Waals surface area contributed by atoms with Gasteiger partial charge in [-0.3, -0.25) is 4.98 Å². The Balaban J connectivity index is 3.64. The van der Waals surface area contributed by atoms with E-state index in [4.69, 9.17) is 10.8 Å². The number of hydrogen-bond acceptors (Lipinski definition) is 3. The number of carboxylic acid groups (broad SMARTS) is 1. The maximum atomic E-state index is 12.7. The van der Waals surface area contributed by atoms with Crippen LogP contribution in [-0.2, 0) is 12.7 Å². The molecular weight excluding hydrogens is 263 g/mol. The molecule has 9 heteroatoms. The molecule has 3 N–H and O–H groups in total. The number of aromatic carboxylic acids is 1. The normalized spacial score (nSPS) is 11.9. The molecule has 1 aromatic heterocycles. The SMILES string of the molecule is NCc1c(C(=O)O)cnc(C(F)(F)F)c1C(F)F. The second-order valence-electron chi connectivity index (χ2n) is 3.22. The highest BCUT2D eigenvalue weighted by Crippen LogP contribution is 2.37. The zero-order valence-corrected chi connectivity index (χ0v) is 8.63. The summed E-state index contributed by atoms with van der Waals surface area (Å²) in [5.74, 6) is -1.67. The molecule has 0 aliphatic heterocycles. The van der Waals surface area contributed by atoms with E-state index in [1.807, 2.05) is 0 Å². The minimum Gasteiger partial charge on any atom is -0.478 e. The lowest BCUT2D eigenvalue weighted by atomic mass is 10.0. The van der Waals surface area contributed by atoms with Crippen LogP contribution in [0.5, 0.6) is 0 Å². The Kier molecular flexibility index (Phi) is 3.85. The molecule has 0 unspecified atom stereocenters. The van der Waals surface area contributed by atoms with Crippen molar-refractivity contribution in [2.75, 3.05) is 0 Å². The van der Waals surface area contributed by atoms with Crippen molar-refractivity contribution in [3.8, 4) is 0 Å². The summed E-state index contributed by atoms with van der Waals surface area (Å²) in [6, 6.07) is 0. The molecule has 0 amide bonds. The van der Waals surface area contributed by atoms with Gasteiger partial charge >= 0.3 is 12.1 Å². The van der Waals surface area contributed by atoms with Crippen LogP contribution in [0, 0.1) is 0 Å². The lowest BCUT2D eigenvalue weighted by molar-refractivity contribution is -0.143. The second-order valence-corrected chi connectivity index (χ2v) is 3.22. The van der Waals surface area contributed by atoms with Crippen molar-refractivity contribution in [2.45, 2.75) is 19.1 Å². The van der Waals surface area contributed by atoms with Gasteiger partial charge in [0.25, 0.3) is 6.43 Å². The standard InChI is InChI=1S/C9H7F5N2O2/c10-7(11)5-3(1-15)4(8(17)18)2-16-6(5)9(12,13)14/h2,7H,1,15H2,(H,17,18). The summed E-state index contributed by atoms with van der Waals surface area (Å²) in [4.78, 5) is 13.5. The van der Waals surface area contributed by atoms with E-state index >= 15 is 0 Å². The number of alkyl halides is 5. The predicted octanol–water partition coefficient (Wildman–Crippen LogP) is 2.19. The number of rotatable bonds is 3. The molecule has 0 saturated heterocycles. The number of carboxylic acids is 1. The molecule has 1 aromatic rings. The summed E-state index contributed by atoms with van der Waals surface area (Å²) in [6.45, 7) is -0.757. The molecule has 1 rings (SSSR count). The topological polar surface area (TPSA) is 76.2 Å². The molecule has 0 aromatic carbocycles. The molecular formula is C9H7F5N2O2. The van der Waals surface area contributed by atoms with Crippen molar-refractivity contribution in [1.82, 2.24) is 4.98 Å². The summed E-state index contributed by atoms with van der Waals surface area (Å²) in [5.41, 5.74) is 0.222. The number of nitrogens with two attached hydrogens (primary N) is 1. The molecule has 0 atom stereocenters. The van der Waals surface area contributed by atoms with Crippen LogP contribution in [0.2, 0.25) is 0 Å². The van der Waals surface area contributed by atoms with E-state index in [2.05, 4.69) is 4.98 Å². The fourth-order valence-electron chi connectivity index (χ4n) is 1.43. The maximum absolute atomic E-state index is 12.7. The molecule has 0 radical (unpaired) electrons. The van der Waals surface area contributed by atoms with E-state index in [9.17, 15) is 26.7 Å². The highest BCUT2D eigenvalue weighted by atomic mass is 19.4. The van der Waals surface area contributed by atoms with Gasteiger partial charge in [0.1, 0.15) is 0 Å². The molecule has 1 heterocycles. The highest BCUT2D eigenvalue weighted by Gasteiger charge is 2.40. The van der Waals surface area contributed by atoms with E-state index in [1.54, 1.807) is 0 Å². The van der Waals surface area contributed by atoms with Gasteiger partial charge in [0.2, 0.25) is 0 Å². The van der Waals surface area contributed by atoms with Crippen molar-refractivity contribution in [3.05, 3.63) is 28.6 Å². The molecule has 0 aliphatic rings. The summed E-state index contributed by atoms with van der Waals surface area (Å²) in [5, 5.41) is 8.67. The second kappa shape index (κ2) is 4.84. The maximum Gasteiger partial charge on any atom is 0.433 e. The highest BCUT2D eigenvalue weighted by molar-refractivity contribution is 5.89. The van der Waals surface area contributed by atoms with Crippen LogP contribution in [0.4, 0.5) is 22.0 Å². The van der Waals surface area contributed by atoms with Gasteiger partial charge < -0.3 is 10.8 Å². The van der Waals surface area contributed by atoms with Crippen LogP contribution in [0.1, 0.15) is 33.6 Å². The monoisotopic (exact) mass is 270 g/mol. The van der Waals surface area contributed by atoms with Crippen molar-refractivity contribution >= 4 is 5.97 Å². The molecule has 0 saturated carbocycles. The first kappa shape index (κ1) is 14.3. The van der Waals surface area contributed by atoms with Gasteiger partial charge in [-0.1, -0.05) is 0 Å². The van der Waals surface area contributed by atoms with Gasteiger partial charge in [-0.15, -0.1) is 0 Å². The van der Waals surface area contributed by atoms with Crippen LogP contribution in [-0.4, -0.2) is 16.1 Å². The van der Waals surface area contributed by atoms with Gasteiger partial charge in [-0.2, -0.15) is 13.2 Å². The van der Waals surface area contributed by atoms with Gasteiger partial charge in [0, 0.05) is 12.7 Å². The molecule has 18 heavy (non-hydrogen) atoms. The van der Waals surface area contributed by atoms with Crippen molar-refractivity contribution < 1.29 is 31.9 Å².